The number of rotatable bonds is 6. The molecule has 1 aliphatic carbocycles. The Morgan fingerprint density at radius 2 is 2.00 bits per heavy atom. The van der Waals surface area contributed by atoms with Crippen LogP contribution in [0.5, 0.6) is 0 Å². The topological polar surface area (TPSA) is 70.5 Å². The number of ether oxygens (including phenoxy) is 1. The van der Waals surface area contributed by atoms with Gasteiger partial charge in [-0.05, 0) is 37.8 Å². The highest BCUT2D eigenvalue weighted by atomic mass is 35.5. The molecule has 150 valence electrons. The highest BCUT2D eigenvalue weighted by Crippen LogP contribution is 2.29. The third kappa shape index (κ3) is 4.81. The minimum Gasteiger partial charge on any atom is -0.390 e. The fraction of sp³-hybridized carbons (Fsp3) is 0.524. The summed E-state index contributed by atoms with van der Waals surface area (Å²) in [6.45, 7) is 4.34. The lowest BCUT2D eigenvalue weighted by molar-refractivity contribution is 0.0171. The number of aliphatic hydroxyl groups excluding tert-OH is 1. The zero-order valence-electron chi connectivity index (χ0n) is 16.0. The fourth-order valence-corrected chi connectivity index (χ4v) is 4.05. The quantitative estimate of drug-likeness (QED) is 0.774. The number of aromatic nitrogens is 2. The van der Waals surface area contributed by atoms with Crippen LogP contribution >= 0.6 is 11.6 Å². The van der Waals surface area contributed by atoms with Crippen LogP contribution in [0, 0.1) is 0 Å². The van der Waals surface area contributed by atoms with Crippen molar-refractivity contribution in [1.82, 2.24) is 14.9 Å². The number of aliphatic hydroxyl groups is 1. The molecule has 1 fully saturated rings. The summed E-state index contributed by atoms with van der Waals surface area (Å²) in [5, 5.41) is 14.6. The molecule has 0 spiro atoms. The molecule has 1 unspecified atom stereocenters. The second-order valence-corrected chi connectivity index (χ2v) is 7.92. The zero-order valence-corrected chi connectivity index (χ0v) is 16.8. The first-order valence-corrected chi connectivity index (χ1v) is 10.4. The normalized spacial score (nSPS) is 18.5. The van der Waals surface area contributed by atoms with Gasteiger partial charge in [0.15, 0.2) is 5.82 Å². The molecule has 4 rings (SSSR count). The van der Waals surface area contributed by atoms with Crippen molar-refractivity contribution in [3.63, 3.8) is 0 Å². The van der Waals surface area contributed by atoms with Gasteiger partial charge in [-0.25, -0.2) is 9.97 Å². The summed E-state index contributed by atoms with van der Waals surface area (Å²) >= 11 is 6.16. The first kappa shape index (κ1) is 19.6. The van der Waals surface area contributed by atoms with Crippen molar-refractivity contribution in [2.75, 3.05) is 44.7 Å². The maximum Gasteiger partial charge on any atom is 0.161 e. The monoisotopic (exact) mass is 402 g/mol. The van der Waals surface area contributed by atoms with Crippen LogP contribution in [0.3, 0.4) is 0 Å². The van der Waals surface area contributed by atoms with Crippen LogP contribution in [-0.2, 0) is 17.6 Å². The van der Waals surface area contributed by atoms with E-state index in [1.165, 1.54) is 5.56 Å². The largest absolute Gasteiger partial charge is 0.390 e. The summed E-state index contributed by atoms with van der Waals surface area (Å²) in [6.07, 6.45) is 3.79. The summed E-state index contributed by atoms with van der Waals surface area (Å²) in [5.74, 6) is 1.54. The van der Waals surface area contributed by atoms with E-state index < -0.39 is 6.10 Å². The lowest BCUT2D eigenvalue weighted by Gasteiger charge is -2.29. The van der Waals surface area contributed by atoms with Gasteiger partial charge in [0, 0.05) is 48.0 Å². The van der Waals surface area contributed by atoms with E-state index in [-0.39, 0.29) is 0 Å². The van der Waals surface area contributed by atoms with E-state index in [2.05, 4.69) is 10.2 Å². The maximum atomic E-state index is 10.5. The first-order valence-electron chi connectivity index (χ1n) is 10.1. The molecule has 2 aromatic rings. The van der Waals surface area contributed by atoms with E-state index in [0.29, 0.717) is 23.9 Å². The summed E-state index contributed by atoms with van der Waals surface area (Å²) in [4.78, 5) is 11.8. The minimum absolute atomic E-state index is 0.457. The zero-order chi connectivity index (χ0) is 19.3. The number of benzene rings is 1. The van der Waals surface area contributed by atoms with Gasteiger partial charge in [-0.1, -0.05) is 23.7 Å². The molecule has 0 radical (unpaired) electrons. The molecule has 2 N–H and O–H groups in total. The molecule has 1 aromatic carbocycles. The number of hydrogen-bond donors (Lipinski definition) is 2. The van der Waals surface area contributed by atoms with Crippen molar-refractivity contribution in [1.29, 1.82) is 0 Å². The van der Waals surface area contributed by atoms with E-state index in [4.69, 9.17) is 26.3 Å². The predicted octanol–water partition coefficient (Wildman–Crippen LogP) is 2.78. The molecule has 2 heterocycles. The Kier molecular flexibility index (Phi) is 6.42. The van der Waals surface area contributed by atoms with Crippen LogP contribution in [-0.4, -0.2) is 65.5 Å². The van der Waals surface area contributed by atoms with Gasteiger partial charge in [-0.3, -0.25) is 4.90 Å². The lowest BCUT2D eigenvalue weighted by atomic mass is 9.96. The Morgan fingerprint density at radius 1 is 1.18 bits per heavy atom. The van der Waals surface area contributed by atoms with Gasteiger partial charge < -0.3 is 15.2 Å². The van der Waals surface area contributed by atoms with Crippen molar-refractivity contribution in [2.24, 2.45) is 0 Å². The van der Waals surface area contributed by atoms with Gasteiger partial charge in [0.05, 0.1) is 19.3 Å². The number of nitrogens with zero attached hydrogens (tertiary/aromatic N) is 3. The lowest BCUT2D eigenvalue weighted by Crippen LogP contribution is -2.42. The van der Waals surface area contributed by atoms with E-state index >= 15 is 0 Å². The van der Waals surface area contributed by atoms with E-state index in [9.17, 15) is 5.11 Å². The number of halogens is 1. The molecule has 2 aliphatic rings. The molecule has 1 atom stereocenters. The molecule has 0 bridgehead atoms. The van der Waals surface area contributed by atoms with Crippen molar-refractivity contribution >= 4 is 17.4 Å². The van der Waals surface area contributed by atoms with E-state index in [0.717, 1.165) is 69.1 Å². The Labute approximate surface area is 170 Å². The van der Waals surface area contributed by atoms with Gasteiger partial charge in [0.25, 0.3) is 0 Å². The smallest absolute Gasteiger partial charge is 0.161 e. The summed E-state index contributed by atoms with van der Waals surface area (Å²) in [5.41, 5.74) is 3.22. The van der Waals surface area contributed by atoms with Crippen molar-refractivity contribution in [3.05, 3.63) is 40.5 Å². The third-order valence-corrected chi connectivity index (χ3v) is 5.58. The SMILES string of the molecule is OC(CNc1nc(-c2cccc(Cl)c2)nc2c1CCCC2)CN1CCOCC1. The van der Waals surface area contributed by atoms with Gasteiger partial charge in [-0.2, -0.15) is 0 Å². The predicted molar refractivity (Wildman–Crippen MR) is 111 cm³/mol. The van der Waals surface area contributed by atoms with Crippen LogP contribution in [0.15, 0.2) is 24.3 Å². The van der Waals surface area contributed by atoms with Crippen LogP contribution in [0.25, 0.3) is 11.4 Å². The van der Waals surface area contributed by atoms with Crippen LogP contribution in [0.4, 0.5) is 5.82 Å². The van der Waals surface area contributed by atoms with Gasteiger partial charge in [0.1, 0.15) is 5.82 Å². The van der Waals surface area contributed by atoms with Gasteiger partial charge >= 0.3 is 0 Å². The number of aryl methyl sites for hydroxylation is 1. The average Bonchev–Trinajstić information content (AvgIpc) is 2.72. The molecule has 1 saturated heterocycles. The maximum absolute atomic E-state index is 10.5. The first-order chi connectivity index (χ1) is 13.7. The average molecular weight is 403 g/mol. The fourth-order valence-electron chi connectivity index (χ4n) is 3.86. The molecule has 0 saturated carbocycles. The molecule has 7 heteroatoms. The minimum atomic E-state index is -0.457. The molecule has 1 aromatic heterocycles. The number of β-amino-alcohol motifs (C(OH)–C–C–N with tert-alkyl or cyclic N) is 1. The molecular weight excluding hydrogens is 376 g/mol. The number of anilines is 1. The van der Waals surface area contributed by atoms with Crippen LogP contribution < -0.4 is 5.32 Å². The van der Waals surface area contributed by atoms with E-state index in [1.807, 2.05) is 24.3 Å². The van der Waals surface area contributed by atoms with Gasteiger partial charge in [0.2, 0.25) is 0 Å². The summed E-state index contributed by atoms with van der Waals surface area (Å²) in [7, 11) is 0. The number of nitrogens with one attached hydrogen (secondary N) is 1. The Bertz CT molecular complexity index is 811. The second-order valence-electron chi connectivity index (χ2n) is 7.49. The van der Waals surface area contributed by atoms with Crippen molar-refractivity contribution < 1.29 is 9.84 Å². The Balaban J connectivity index is 1.51. The van der Waals surface area contributed by atoms with Gasteiger partial charge in [-0.15, -0.1) is 0 Å². The van der Waals surface area contributed by atoms with Crippen molar-refractivity contribution in [2.45, 2.75) is 31.8 Å². The van der Waals surface area contributed by atoms with Crippen molar-refractivity contribution in [3.8, 4) is 11.4 Å². The van der Waals surface area contributed by atoms with Crippen LogP contribution in [0.2, 0.25) is 5.02 Å². The van der Waals surface area contributed by atoms with Crippen LogP contribution in [0.1, 0.15) is 24.1 Å². The standard InChI is InChI=1S/C21H27ClN4O2/c22-16-5-3-4-15(12-16)20-24-19-7-2-1-6-18(19)21(25-20)23-13-17(27)14-26-8-10-28-11-9-26/h3-5,12,17,27H,1-2,6-11,13-14H2,(H,23,24,25). The van der Waals surface area contributed by atoms with E-state index in [1.54, 1.807) is 0 Å². The highest BCUT2D eigenvalue weighted by Gasteiger charge is 2.20. The molecule has 1 aliphatic heterocycles. The Hall–Kier alpha value is -1.73. The summed E-state index contributed by atoms with van der Waals surface area (Å²) in [6, 6.07) is 7.64. The Morgan fingerprint density at radius 3 is 2.82 bits per heavy atom. The number of fused-ring (bicyclic) bond motifs is 1. The number of hydrogen-bond acceptors (Lipinski definition) is 6. The molecule has 0 amide bonds. The third-order valence-electron chi connectivity index (χ3n) is 5.34. The molecule has 28 heavy (non-hydrogen) atoms. The second kappa shape index (κ2) is 9.18. The molecule has 6 nitrogen and oxygen atoms in total. The highest BCUT2D eigenvalue weighted by molar-refractivity contribution is 6.30. The molecular formula is C21H27ClN4O2. The number of morpholine rings is 1. The summed E-state index contributed by atoms with van der Waals surface area (Å²) < 4.78 is 5.37.